The van der Waals surface area contributed by atoms with Crippen LogP contribution in [0.25, 0.3) is 0 Å². The number of aliphatic hydroxyl groups is 1. The monoisotopic (exact) mass is 456 g/mol. The Labute approximate surface area is 196 Å². The van der Waals surface area contributed by atoms with Gasteiger partial charge >= 0.3 is 5.97 Å². The zero-order valence-corrected chi connectivity index (χ0v) is 19.9. The molecule has 0 bridgehead atoms. The Balaban J connectivity index is 1.71. The van der Waals surface area contributed by atoms with E-state index >= 15 is 0 Å². The Kier molecular flexibility index (Phi) is 9.30. The maximum atomic E-state index is 12.5. The Morgan fingerprint density at radius 1 is 1.15 bits per heavy atom. The summed E-state index contributed by atoms with van der Waals surface area (Å²) in [6.45, 7) is 5.31. The predicted octanol–water partition coefficient (Wildman–Crippen LogP) is 4.67. The SMILES string of the molecule is COC(=O)c1cccc(C(C)(C)COC2CCCCO2)c1OCC(O)CCc1ccccc1. The molecular formula is C27H36O6. The lowest BCUT2D eigenvalue weighted by Crippen LogP contribution is -2.32. The van der Waals surface area contributed by atoms with Crippen molar-refractivity contribution in [2.24, 2.45) is 0 Å². The number of para-hydroxylation sites is 1. The number of aliphatic hydroxyl groups excluding tert-OH is 1. The number of benzene rings is 2. The molecule has 0 radical (unpaired) electrons. The van der Waals surface area contributed by atoms with Gasteiger partial charge in [0.1, 0.15) is 17.9 Å². The molecule has 1 heterocycles. The molecule has 0 aliphatic carbocycles. The van der Waals surface area contributed by atoms with Gasteiger partial charge in [0.2, 0.25) is 0 Å². The number of rotatable bonds is 11. The minimum Gasteiger partial charge on any atom is -0.490 e. The molecular weight excluding hydrogens is 420 g/mol. The van der Waals surface area contributed by atoms with Crippen LogP contribution in [-0.2, 0) is 26.0 Å². The van der Waals surface area contributed by atoms with Crippen LogP contribution in [0.1, 0.15) is 61.0 Å². The minimum absolute atomic E-state index is 0.0799. The van der Waals surface area contributed by atoms with E-state index in [-0.39, 0.29) is 12.9 Å². The molecule has 0 spiro atoms. The molecule has 0 aromatic heterocycles. The maximum Gasteiger partial charge on any atom is 0.341 e. The van der Waals surface area contributed by atoms with Crippen molar-refractivity contribution in [1.82, 2.24) is 0 Å². The van der Waals surface area contributed by atoms with Gasteiger partial charge in [-0.3, -0.25) is 0 Å². The van der Waals surface area contributed by atoms with E-state index in [9.17, 15) is 9.90 Å². The standard InChI is InChI=1S/C27H36O6/c1-27(2,19-33-24-14-7-8-17-31-24)23-13-9-12-22(26(29)30-3)25(23)32-18-21(28)16-15-20-10-5-4-6-11-20/h4-6,9-13,21,24,28H,7-8,14-19H2,1-3H3. The summed E-state index contributed by atoms with van der Waals surface area (Å²) in [7, 11) is 1.35. The highest BCUT2D eigenvalue weighted by atomic mass is 16.7. The van der Waals surface area contributed by atoms with Gasteiger partial charge in [0.15, 0.2) is 6.29 Å². The quantitative estimate of drug-likeness (QED) is 0.496. The summed E-state index contributed by atoms with van der Waals surface area (Å²) in [4.78, 5) is 12.5. The fraction of sp³-hybridized carbons (Fsp3) is 0.519. The highest BCUT2D eigenvalue weighted by Crippen LogP contribution is 2.36. The molecule has 2 aromatic rings. The first kappa shape index (κ1) is 25.2. The molecule has 33 heavy (non-hydrogen) atoms. The zero-order chi connectivity index (χ0) is 23.7. The van der Waals surface area contributed by atoms with E-state index in [0.29, 0.717) is 24.3 Å². The molecule has 6 nitrogen and oxygen atoms in total. The molecule has 2 aromatic carbocycles. The molecule has 0 saturated carbocycles. The van der Waals surface area contributed by atoms with E-state index in [4.69, 9.17) is 18.9 Å². The van der Waals surface area contributed by atoms with Crippen molar-refractivity contribution in [1.29, 1.82) is 0 Å². The minimum atomic E-state index is -0.668. The molecule has 3 rings (SSSR count). The number of aryl methyl sites for hydroxylation is 1. The summed E-state index contributed by atoms with van der Waals surface area (Å²) in [6.07, 6.45) is 3.48. The van der Waals surface area contributed by atoms with Crippen LogP contribution in [0, 0.1) is 0 Å². The lowest BCUT2D eigenvalue weighted by Gasteiger charge is -2.31. The van der Waals surface area contributed by atoms with Crippen LogP contribution in [-0.4, -0.2) is 50.4 Å². The third kappa shape index (κ3) is 7.29. The van der Waals surface area contributed by atoms with Crippen molar-refractivity contribution in [3.05, 3.63) is 65.2 Å². The molecule has 6 heteroatoms. The van der Waals surface area contributed by atoms with Crippen LogP contribution < -0.4 is 4.74 Å². The van der Waals surface area contributed by atoms with Crippen molar-refractivity contribution in [2.45, 2.75) is 63.8 Å². The highest BCUT2D eigenvalue weighted by molar-refractivity contribution is 5.93. The summed E-state index contributed by atoms with van der Waals surface area (Å²) in [5.74, 6) is -0.0424. The van der Waals surface area contributed by atoms with Crippen LogP contribution in [0.4, 0.5) is 0 Å². The molecule has 1 N–H and O–H groups in total. The Morgan fingerprint density at radius 3 is 2.64 bits per heavy atom. The Bertz CT molecular complexity index is 873. The van der Waals surface area contributed by atoms with Crippen LogP contribution >= 0.6 is 0 Å². The van der Waals surface area contributed by atoms with E-state index in [1.54, 1.807) is 6.07 Å². The second-order valence-corrected chi connectivity index (χ2v) is 9.15. The Hall–Kier alpha value is -2.41. The van der Waals surface area contributed by atoms with Crippen molar-refractivity contribution in [3.8, 4) is 5.75 Å². The molecule has 1 aliphatic heterocycles. The van der Waals surface area contributed by atoms with E-state index in [1.807, 2.05) is 56.3 Å². The summed E-state index contributed by atoms with van der Waals surface area (Å²) >= 11 is 0. The van der Waals surface area contributed by atoms with Gasteiger partial charge in [-0.05, 0) is 43.7 Å². The van der Waals surface area contributed by atoms with Crippen LogP contribution in [0.15, 0.2) is 48.5 Å². The van der Waals surface area contributed by atoms with E-state index in [2.05, 4.69) is 0 Å². The first-order chi connectivity index (χ1) is 15.9. The summed E-state index contributed by atoms with van der Waals surface area (Å²) < 4.78 is 22.8. The van der Waals surface area contributed by atoms with E-state index < -0.39 is 17.5 Å². The van der Waals surface area contributed by atoms with Gasteiger partial charge in [0.05, 0.1) is 19.8 Å². The second kappa shape index (κ2) is 12.2. The normalized spacial score (nSPS) is 17.4. The van der Waals surface area contributed by atoms with Crippen LogP contribution in [0.3, 0.4) is 0 Å². The predicted molar refractivity (Wildman–Crippen MR) is 127 cm³/mol. The van der Waals surface area contributed by atoms with Gasteiger partial charge in [0, 0.05) is 17.6 Å². The number of esters is 1. The molecule has 0 amide bonds. The average molecular weight is 457 g/mol. The molecule has 1 aliphatic rings. The van der Waals surface area contributed by atoms with Crippen molar-refractivity contribution < 1.29 is 28.8 Å². The number of methoxy groups -OCH3 is 1. The number of hydrogen-bond acceptors (Lipinski definition) is 6. The first-order valence-corrected chi connectivity index (χ1v) is 11.7. The molecule has 1 saturated heterocycles. The maximum absolute atomic E-state index is 12.5. The Morgan fingerprint density at radius 2 is 1.94 bits per heavy atom. The van der Waals surface area contributed by atoms with Gasteiger partial charge in [0.25, 0.3) is 0 Å². The number of carbonyl (C=O) groups excluding carboxylic acids is 1. The van der Waals surface area contributed by atoms with Gasteiger partial charge in [-0.2, -0.15) is 0 Å². The zero-order valence-electron chi connectivity index (χ0n) is 19.9. The van der Waals surface area contributed by atoms with E-state index in [1.165, 1.54) is 7.11 Å². The summed E-state index contributed by atoms with van der Waals surface area (Å²) in [6, 6.07) is 15.5. The molecule has 1 fully saturated rings. The average Bonchev–Trinajstić information content (AvgIpc) is 2.85. The van der Waals surface area contributed by atoms with Crippen molar-refractivity contribution >= 4 is 5.97 Å². The first-order valence-electron chi connectivity index (χ1n) is 11.7. The molecule has 2 unspecified atom stereocenters. The van der Waals surface area contributed by atoms with Crippen molar-refractivity contribution in [2.75, 3.05) is 26.9 Å². The molecule has 180 valence electrons. The third-order valence-electron chi connectivity index (χ3n) is 5.95. The summed E-state index contributed by atoms with van der Waals surface area (Å²) in [5, 5.41) is 10.5. The lowest BCUT2D eigenvalue weighted by molar-refractivity contribution is -0.170. The number of hydrogen-bond donors (Lipinski definition) is 1. The number of ether oxygens (including phenoxy) is 4. The second-order valence-electron chi connectivity index (χ2n) is 9.15. The van der Waals surface area contributed by atoms with Crippen LogP contribution in [0.2, 0.25) is 0 Å². The van der Waals surface area contributed by atoms with Gasteiger partial charge < -0.3 is 24.1 Å². The number of carbonyl (C=O) groups is 1. The fourth-order valence-corrected chi connectivity index (χ4v) is 3.96. The van der Waals surface area contributed by atoms with Gasteiger partial charge in [-0.1, -0.05) is 56.3 Å². The third-order valence-corrected chi connectivity index (χ3v) is 5.95. The smallest absolute Gasteiger partial charge is 0.341 e. The molecule has 2 atom stereocenters. The fourth-order valence-electron chi connectivity index (χ4n) is 3.96. The van der Waals surface area contributed by atoms with Crippen molar-refractivity contribution in [3.63, 3.8) is 0 Å². The van der Waals surface area contributed by atoms with E-state index in [0.717, 1.165) is 43.4 Å². The van der Waals surface area contributed by atoms with Crippen LogP contribution in [0.5, 0.6) is 5.75 Å². The lowest BCUT2D eigenvalue weighted by atomic mass is 9.83. The van der Waals surface area contributed by atoms with Gasteiger partial charge in [-0.15, -0.1) is 0 Å². The highest BCUT2D eigenvalue weighted by Gasteiger charge is 2.30. The largest absolute Gasteiger partial charge is 0.490 e. The van der Waals surface area contributed by atoms with Gasteiger partial charge in [-0.25, -0.2) is 4.79 Å². The summed E-state index contributed by atoms with van der Waals surface area (Å²) in [5.41, 5.74) is 1.88. The topological polar surface area (TPSA) is 74.2 Å².